The van der Waals surface area contributed by atoms with Gasteiger partial charge in [0.1, 0.15) is 16.7 Å². The second-order valence-corrected chi connectivity index (χ2v) is 16.3. The number of carboxylic acid groups (broad SMARTS) is 1. The lowest BCUT2D eigenvalue weighted by Gasteiger charge is -2.43. The number of nitrogens with one attached hydrogen (secondary N) is 2. The average molecular weight is 771 g/mol. The van der Waals surface area contributed by atoms with Gasteiger partial charge in [0.15, 0.2) is 6.10 Å². The summed E-state index contributed by atoms with van der Waals surface area (Å²) < 4.78 is 5.82. The molecule has 14 heteroatoms. The van der Waals surface area contributed by atoms with Crippen LogP contribution in [-0.2, 0) is 30.3 Å². The zero-order valence-corrected chi connectivity index (χ0v) is 34.3. The zero-order valence-electron chi connectivity index (χ0n) is 33.5. The van der Waals surface area contributed by atoms with Crippen LogP contribution in [0.25, 0.3) is 0 Å². The van der Waals surface area contributed by atoms with E-state index in [1.54, 1.807) is 29.3 Å². The average Bonchev–Trinajstić information content (AvgIpc) is 3.62. The van der Waals surface area contributed by atoms with Gasteiger partial charge in [-0.25, -0.2) is 4.98 Å². The van der Waals surface area contributed by atoms with Gasteiger partial charge in [0.2, 0.25) is 11.8 Å². The minimum Gasteiger partial charge on any atom is -0.481 e. The molecule has 5 N–H and O–H groups in total. The van der Waals surface area contributed by atoms with E-state index < -0.39 is 53.5 Å². The van der Waals surface area contributed by atoms with Crippen molar-refractivity contribution < 1.29 is 33.8 Å². The number of anilines is 1. The number of aromatic nitrogens is 1. The standard InChI is InChI=1S/C40H62N6O7S/c1-10-25(5)34(44-39(52)40(8)18-12-13-19-45(40)9)37(49)46(11-2)32(24(3)4)22-33(53-27(7)47)36-43-31(23-54-36)35(48)42-30(20-26(6)38(50)51)21-28-14-16-29(41)17-15-28/h14-17,23-26,30,32-34H,10-13,18-22,41H2,1-9H3,(H,42,48)(H,44,52)(H,50,51)/t25-,26-,30+,32+,33+,34-,40-/m0/s1. The number of carboxylic acids is 1. The summed E-state index contributed by atoms with van der Waals surface area (Å²) in [6, 6.07) is 5.55. The Kier molecular flexibility index (Phi) is 16.5. The fourth-order valence-electron chi connectivity index (χ4n) is 7.09. The summed E-state index contributed by atoms with van der Waals surface area (Å²) in [7, 11) is 1.95. The van der Waals surface area contributed by atoms with E-state index in [-0.39, 0.29) is 42.2 Å². The Morgan fingerprint density at radius 2 is 1.72 bits per heavy atom. The molecule has 13 nitrogen and oxygen atoms in total. The number of thiazole rings is 1. The fourth-order valence-corrected chi connectivity index (χ4v) is 7.93. The van der Waals surface area contributed by atoms with Crippen LogP contribution in [0.2, 0.25) is 0 Å². The monoisotopic (exact) mass is 770 g/mol. The van der Waals surface area contributed by atoms with Gasteiger partial charge in [0.05, 0.1) is 11.5 Å². The van der Waals surface area contributed by atoms with Gasteiger partial charge in [-0.1, -0.05) is 53.2 Å². The second-order valence-electron chi connectivity index (χ2n) is 15.4. The molecule has 2 aromatic rings. The number of nitrogens with two attached hydrogens (primary N) is 1. The van der Waals surface area contributed by atoms with Crippen molar-refractivity contribution in [3.63, 3.8) is 0 Å². The van der Waals surface area contributed by atoms with Crippen molar-refractivity contribution in [3.8, 4) is 0 Å². The zero-order chi connectivity index (χ0) is 40.3. The van der Waals surface area contributed by atoms with Crippen LogP contribution >= 0.6 is 11.3 Å². The maximum atomic E-state index is 14.5. The highest BCUT2D eigenvalue weighted by molar-refractivity contribution is 7.09. The number of rotatable bonds is 19. The highest BCUT2D eigenvalue weighted by Crippen LogP contribution is 2.32. The number of amides is 3. The molecule has 0 bridgehead atoms. The third-order valence-electron chi connectivity index (χ3n) is 10.9. The highest BCUT2D eigenvalue weighted by atomic mass is 32.1. The molecule has 1 saturated heterocycles. The fraction of sp³-hybridized carbons (Fsp3) is 0.650. The van der Waals surface area contributed by atoms with Crippen molar-refractivity contribution in [2.75, 3.05) is 25.9 Å². The first-order valence-corrected chi connectivity index (χ1v) is 20.1. The largest absolute Gasteiger partial charge is 0.481 e. The van der Waals surface area contributed by atoms with Crippen LogP contribution in [0.1, 0.15) is 121 Å². The Hall–Kier alpha value is -4.04. The van der Waals surface area contributed by atoms with Crippen LogP contribution in [0, 0.1) is 17.8 Å². The van der Waals surface area contributed by atoms with Gasteiger partial charge in [-0.3, -0.25) is 28.9 Å². The predicted molar refractivity (Wildman–Crippen MR) is 211 cm³/mol. The third kappa shape index (κ3) is 11.7. The molecule has 1 aliphatic heterocycles. The van der Waals surface area contributed by atoms with E-state index in [4.69, 9.17) is 10.5 Å². The summed E-state index contributed by atoms with van der Waals surface area (Å²) in [6.45, 7) is 15.9. The molecule has 7 atom stereocenters. The first-order valence-electron chi connectivity index (χ1n) is 19.2. The summed E-state index contributed by atoms with van der Waals surface area (Å²) in [5, 5.41) is 17.7. The molecular formula is C40H62N6O7S. The summed E-state index contributed by atoms with van der Waals surface area (Å²) in [4.78, 5) is 74.5. The van der Waals surface area contributed by atoms with E-state index in [9.17, 15) is 29.1 Å². The van der Waals surface area contributed by atoms with Crippen LogP contribution in [0.5, 0.6) is 0 Å². The predicted octanol–water partition coefficient (Wildman–Crippen LogP) is 5.45. The molecule has 300 valence electrons. The minimum absolute atomic E-state index is 0.0599. The minimum atomic E-state index is -0.963. The number of esters is 1. The Morgan fingerprint density at radius 3 is 2.28 bits per heavy atom. The van der Waals surface area contributed by atoms with E-state index in [1.165, 1.54) is 18.3 Å². The second kappa shape index (κ2) is 20.0. The number of benzene rings is 1. The number of hydrogen-bond donors (Lipinski definition) is 4. The number of likely N-dealkylation sites (N-methyl/N-ethyl adjacent to an activating group) is 2. The summed E-state index contributed by atoms with van der Waals surface area (Å²) >= 11 is 1.18. The molecule has 0 aliphatic carbocycles. The summed E-state index contributed by atoms with van der Waals surface area (Å²) in [5.41, 5.74) is 6.73. The Bertz CT molecular complexity index is 1580. The molecule has 1 aromatic carbocycles. The molecule has 3 rings (SSSR count). The highest BCUT2D eigenvalue weighted by Gasteiger charge is 2.43. The van der Waals surface area contributed by atoms with E-state index in [1.807, 2.05) is 60.7 Å². The first-order chi connectivity index (χ1) is 25.4. The van der Waals surface area contributed by atoms with Gasteiger partial charge >= 0.3 is 11.9 Å². The van der Waals surface area contributed by atoms with Gasteiger partial charge in [-0.15, -0.1) is 11.3 Å². The van der Waals surface area contributed by atoms with E-state index in [0.29, 0.717) is 36.5 Å². The number of ether oxygens (including phenoxy) is 1. The Labute approximate surface area is 324 Å². The quantitative estimate of drug-likeness (QED) is 0.106. The summed E-state index contributed by atoms with van der Waals surface area (Å²) in [5.74, 6) is -3.21. The number of nitrogens with zero attached hydrogens (tertiary/aromatic N) is 3. The van der Waals surface area contributed by atoms with Crippen molar-refractivity contribution in [2.45, 2.75) is 130 Å². The van der Waals surface area contributed by atoms with Crippen LogP contribution in [0.3, 0.4) is 0 Å². The van der Waals surface area contributed by atoms with Crippen molar-refractivity contribution in [1.29, 1.82) is 0 Å². The lowest BCUT2D eigenvalue weighted by atomic mass is 9.86. The lowest BCUT2D eigenvalue weighted by Crippen LogP contribution is -2.63. The van der Waals surface area contributed by atoms with E-state index in [2.05, 4.69) is 20.5 Å². The van der Waals surface area contributed by atoms with Gasteiger partial charge in [-0.2, -0.15) is 0 Å². The molecule has 0 unspecified atom stereocenters. The maximum absolute atomic E-state index is 14.5. The van der Waals surface area contributed by atoms with Crippen molar-refractivity contribution in [2.24, 2.45) is 17.8 Å². The van der Waals surface area contributed by atoms with E-state index in [0.717, 1.165) is 24.9 Å². The molecule has 54 heavy (non-hydrogen) atoms. The van der Waals surface area contributed by atoms with Crippen molar-refractivity contribution in [3.05, 3.63) is 45.9 Å². The SMILES string of the molecule is CC[C@H](C)[C@H](NC(=O)[C@]1(C)CCCCN1C)C(=O)N(CC)[C@H](C[C@@H](OC(C)=O)c1nc(C(=O)N[C@@H](Cc2ccc(N)cc2)C[C@H](C)C(=O)O)cs1)C(C)C. The Morgan fingerprint density at radius 1 is 1.06 bits per heavy atom. The summed E-state index contributed by atoms with van der Waals surface area (Å²) in [6.07, 6.45) is 3.33. The van der Waals surface area contributed by atoms with Crippen molar-refractivity contribution in [1.82, 2.24) is 25.4 Å². The molecule has 1 aromatic heterocycles. The molecule has 1 aliphatic rings. The van der Waals surface area contributed by atoms with Gasteiger partial charge in [-0.05, 0) is 89.1 Å². The van der Waals surface area contributed by atoms with Crippen LogP contribution in [0.4, 0.5) is 5.69 Å². The van der Waals surface area contributed by atoms with Crippen LogP contribution < -0.4 is 16.4 Å². The van der Waals surface area contributed by atoms with Crippen LogP contribution in [0.15, 0.2) is 29.6 Å². The van der Waals surface area contributed by atoms with Gasteiger partial charge in [0.25, 0.3) is 5.91 Å². The number of carbonyl (C=O) groups is 5. The molecule has 0 radical (unpaired) electrons. The molecule has 2 heterocycles. The molecule has 1 fully saturated rings. The van der Waals surface area contributed by atoms with Crippen LogP contribution in [-0.4, -0.2) is 93.4 Å². The molecule has 3 amide bonds. The topological polar surface area (TPSA) is 184 Å². The number of piperidine rings is 1. The Balaban J connectivity index is 1.87. The first kappa shape index (κ1) is 44.4. The molecule has 0 spiro atoms. The smallest absolute Gasteiger partial charge is 0.306 e. The number of aliphatic carboxylic acids is 1. The number of likely N-dealkylation sites (tertiary alicyclic amines) is 1. The molecular weight excluding hydrogens is 709 g/mol. The van der Waals surface area contributed by atoms with E-state index >= 15 is 0 Å². The number of nitrogen functional groups attached to an aromatic ring is 1. The van der Waals surface area contributed by atoms with Gasteiger partial charge < -0.3 is 31.1 Å². The van der Waals surface area contributed by atoms with Crippen molar-refractivity contribution >= 4 is 46.7 Å². The third-order valence-corrected chi connectivity index (χ3v) is 11.9. The molecule has 0 saturated carbocycles. The lowest BCUT2D eigenvalue weighted by molar-refractivity contribution is -0.150. The number of carbonyl (C=O) groups excluding carboxylic acids is 4. The maximum Gasteiger partial charge on any atom is 0.306 e. The number of hydrogen-bond acceptors (Lipinski definition) is 10. The van der Waals surface area contributed by atoms with Gasteiger partial charge in [0, 0.05) is 43.0 Å². The normalized spacial score (nSPS) is 19.5.